The van der Waals surface area contributed by atoms with Crippen LogP contribution in [0.15, 0.2) is 18.2 Å². The topological polar surface area (TPSA) is 43.4 Å². The van der Waals surface area contributed by atoms with Gasteiger partial charge in [0.05, 0.1) is 17.0 Å². The van der Waals surface area contributed by atoms with E-state index in [1.807, 2.05) is 19.9 Å². The summed E-state index contributed by atoms with van der Waals surface area (Å²) in [6.07, 6.45) is 0.258. The Hall–Kier alpha value is -1.28. The van der Waals surface area contributed by atoms with Gasteiger partial charge < -0.3 is 4.74 Å². The van der Waals surface area contributed by atoms with Crippen LogP contribution in [0.3, 0.4) is 0 Å². The Kier molecular flexibility index (Phi) is 6.73. The number of hydrogen-bond acceptors (Lipinski definition) is 4. The number of halogens is 2. The number of carbonyl (C=O) groups excluding carboxylic acids is 2. The molecule has 1 aromatic carbocycles. The summed E-state index contributed by atoms with van der Waals surface area (Å²) < 4.78 is 20.3. The molecule has 1 heterocycles. The normalized spacial score (nSPS) is 11.0. The molecular weight excluding hydrogens is 454 g/mol. The van der Waals surface area contributed by atoms with Gasteiger partial charge in [-0.1, -0.05) is 19.9 Å². The summed E-state index contributed by atoms with van der Waals surface area (Å²) in [5.74, 6) is -0.861. The van der Waals surface area contributed by atoms with Gasteiger partial charge in [-0.3, -0.25) is 4.79 Å². The zero-order valence-corrected chi connectivity index (χ0v) is 17.6. The molecule has 0 amide bonds. The van der Waals surface area contributed by atoms with Crippen LogP contribution >= 0.6 is 33.9 Å². The van der Waals surface area contributed by atoms with E-state index in [1.165, 1.54) is 24.3 Å². The number of ketones is 1. The minimum atomic E-state index is -0.448. The fraction of sp³-hybridized carbons (Fsp3) is 0.368. The molecule has 2 aromatic rings. The van der Waals surface area contributed by atoms with Crippen molar-refractivity contribution in [2.45, 2.75) is 40.0 Å². The smallest absolute Gasteiger partial charge is 0.339 e. The van der Waals surface area contributed by atoms with Crippen LogP contribution in [0.1, 0.15) is 69.6 Å². The lowest BCUT2D eigenvalue weighted by atomic mass is 9.95. The molecule has 0 aliphatic heterocycles. The van der Waals surface area contributed by atoms with E-state index in [-0.39, 0.29) is 30.5 Å². The van der Waals surface area contributed by atoms with Crippen molar-refractivity contribution in [2.75, 3.05) is 6.61 Å². The molecule has 1 aromatic heterocycles. The molecule has 0 saturated carbocycles. The number of esters is 1. The minimum absolute atomic E-state index is 0.00938. The van der Waals surface area contributed by atoms with Gasteiger partial charge in [0.25, 0.3) is 0 Å². The summed E-state index contributed by atoms with van der Waals surface area (Å²) in [6, 6.07) is 5.00. The van der Waals surface area contributed by atoms with Crippen LogP contribution in [-0.2, 0) is 11.2 Å². The monoisotopic (exact) mass is 474 g/mol. The number of benzene rings is 1. The molecule has 0 spiro atoms. The third-order valence-electron chi connectivity index (χ3n) is 3.76. The van der Waals surface area contributed by atoms with Crippen molar-refractivity contribution < 1.29 is 18.7 Å². The molecule has 2 rings (SSSR count). The molecule has 134 valence electrons. The highest BCUT2D eigenvalue weighted by Crippen LogP contribution is 2.36. The van der Waals surface area contributed by atoms with E-state index in [1.54, 1.807) is 13.0 Å². The number of carbonyl (C=O) groups is 2. The van der Waals surface area contributed by atoms with Crippen LogP contribution in [0, 0.1) is 9.39 Å². The van der Waals surface area contributed by atoms with E-state index in [2.05, 4.69) is 22.6 Å². The van der Waals surface area contributed by atoms with Gasteiger partial charge in [-0.2, -0.15) is 0 Å². The predicted octanol–water partition coefficient (Wildman–Crippen LogP) is 5.59. The summed E-state index contributed by atoms with van der Waals surface area (Å²) in [6.45, 7) is 7.35. The minimum Gasteiger partial charge on any atom is -0.462 e. The Morgan fingerprint density at radius 3 is 2.52 bits per heavy atom. The second kappa shape index (κ2) is 8.40. The molecule has 0 radical (unpaired) electrons. The van der Waals surface area contributed by atoms with Crippen LogP contribution < -0.4 is 0 Å². The lowest BCUT2D eigenvalue weighted by Gasteiger charge is -2.11. The average molecular weight is 474 g/mol. The highest BCUT2D eigenvalue weighted by Gasteiger charge is 2.28. The van der Waals surface area contributed by atoms with Crippen LogP contribution in [-0.4, -0.2) is 18.4 Å². The molecule has 0 bridgehead atoms. The quantitative estimate of drug-likeness (QED) is 0.312. The number of thiophene rings is 1. The first kappa shape index (κ1) is 20.0. The van der Waals surface area contributed by atoms with Crippen molar-refractivity contribution in [3.05, 3.63) is 54.0 Å². The molecule has 0 atom stereocenters. The van der Waals surface area contributed by atoms with E-state index in [0.717, 1.165) is 3.57 Å². The van der Waals surface area contributed by atoms with E-state index < -0.39 is 5.97 Å². The van der Waals surface area contributed by atoms with Crippen LogP contribution in [0.25, 0.3) is 0 Å². The molecule has 0 saturated heterocycles. The van der Waals surface area contributed by atoms with Gasteiger partial charge >= 0.3 is 5.97 Å². The predicted molar refractivity (Wildman–Crippen MR) is 106 cm³/mol. The lowest BCUT2D eigenvalue weighted by molar-refractivity contribution is 0.0524. The largest absolute Gasteiger partial charge is 0.462 e. The van der Waals surface area contributed by atoms with Crippen LogP contribution in [0.5, 0.6) is 0 Å². The van der Waals surface area contributed by atoms with Gasteiger partial charge in [0.15, 0.2) is 5.78 Å². The Balaban J connectivity index is 2.61. The maximum Gasteiger partial charge on any atom is 0.339 e. The summed E-state index contributed by atoms with van der Waals surface area (Å²) in [5.41, 5.74) is 1.62. The summed E-state index contributed by atoms with van der Waals surface area (Å²) in [4.78, 5) is 25.8. The zero-order chi connectivity index (χ0) is 18.7. The van der Waals surface area contributed by atoms with Crippen molar-refractivity contribution >= 4 is 45.7 Å². The fourth-order valence-corrected chi connectivity index (χ4v) is 4.51. The first-order valence-electron chi connectivity index (χ1n) is 8.03. The Morgan fingerprint density at radius 2 is 2.00 bits per heavy atom. The fourth-order valence-electron chi connectivity index (χ4n) is 2.69. The van der Waals surface area contributed by atoms with Gasteiger partial charge in [0.2, 0.25) is 0 Å². The number of Topliss-reactive ketones (excluding diaryl/α,β-unsaturated/α-hetero) is 1. The van der Waals surface area contributed by atoms with Crippen molar-refractivity contribution in [2.24, 2.45) is 0 Å². The first-order chi connectivity index (χ1) is 11.8. The number of rotatable bonds is 6. The van der Waals surface area contributed by atoms with E-state index >= 15 is 0 Å². The molecule has 6 heteroatoms. The second-order valence-corrected chi connectivity index (χ2v) is 8.34. The summed E-state index contributed by atoms with van der Waals surface area (Å²) >= 11 is 3.32. The second-order valence-electron chi connectivity index (χ2n) is 5.99. The third kappa shape index (κ3) is 4.47. The molecule has 0 unspecified atom stereocenters. The number of ether oxygens (including phenoxy) is 1. The highest BCUT2D eigenvalue weighted by atomic mass is 127. The average Bonchev–Trinajstić information content (AvgIpc) is 2.90. The maximum absolute atomic E-state index is 14.3. The SMILES string of the molecule is CCOC(=O)c1c(Cc2ccc(I)cc2F)sc(C(C)=O)c1C(C)C. The first-order valence-corrected chi connectivity index (χ1v) is 9.93. The molecule has 3 nitrogen and oxygen atoms in total. The molecule has 25 heavy (non-hydrogen) atoms. The lowest BCUT2D eigenvalue weighted by Crippen LogP contribution is -2.11. The molecule has 0 aliphatic carbocycles. The van der Waals surface area contributed by atoms with E-state index in [4.69, 9.17) is 4.74 Å². The maximum atomic E-state index is 14.3. The van der Waals surface area contributed by atoms with Crippen molar-refractivity contribution in [1.29, 1.82) is 0 Å². The molecule has 0 N–H and O–H groups in total. The van der Waals surface area contributed by atoms with Gasteiger partial charge in [0.1, 0.15) is 5.82 Å². The van der Waals surface area contributed by atoms with Crippen molar-refractivity contribution in [3.8, 4) is 0 Å². The summed E-state index contributed by atoms with van der Waals surface area (Å²) in [5, 5.41) is 0. The zero-order valence-electron chi connectivity index (χ0n) is 14.6. The molecule has 0 aliphatic rings. The van der Waals surface area contributed by atoms with Crippen molar-refractivity contribution in [1.82, 2.24) is 0 Å². The van der Waals surface area contributed by atoms with Gasteiger partial charge in [-0.25, -0.2) is 9.18 Å². The van der Waals surface area contributed by atoms with Gasteiger partial charge in [-0.15, -0.1) is 11.3 Å². The van der Waals surface area contributed by atoms with Gasteiger partial charge in [-0.05, 0) is 65.6 Å². The highest BCUT2D eigenvalue weighted by molar-refractivity contribution is 14.1. The Morgan fingerprint density at radius 1 is 1.32 bits per heavy atom. The van der Waals surface area contributed by atoms with Gasteiger partial charge in [0, 0.05) is 14.9 Å². The van der Waals surface area contributed by atoms with Crippen molar-refractivity contribution in [3.63, 3.8) is 0 Å². The molecular formula is C19H20FIO3S. The van der Waals surface area contributed by atoms with E-state index in [0.29, 0.717) is 26.4 Å². The number of hydrogen-bond donors (Lipinski definition) is 0. The Bertz CT molecular complexity index is 811. The summed E-state index contributed by atoms with van der Waals surface area (Å²) in [7, 11) is 0. The standard InChI is InChI=1S/C19H20FIO3S/c1-5-24-19(23)17-15(8-12-6-7-13(21)9-14(12)20)25-18(11(4)22)16(17)10(2)3/h6-7,9-10H,5,8H2,1-4H3. The van der Waals surface area contributed by atoms with Crippen LogP contribution in [0.2, 0.25) is 0 Å². The Labute approximate surface area is 164 Å². The molecule has 0 fully saturated rings. The van der Waals surface area contributed by atoms with E-state index in [9.17, 15) is 14.0 Å². The third-order valence-corrected chi connectivity index (χ3v) is 5.74. The van der Waals surface area contributed by atoms with Crippen LogP contribution in [0.4, 0.5) is 4.39 Å².